The molecule has 2 aromatic rings. The summed E-state index contributed by atoms with van der Waals surface area (Å²) in [4.78, 5) is 12.1. The quantitative estimate of drug-likeness (QED) is 0.809. The highest BCUT2D eigenvalue weighted by Gasteiger charge is 2.14. The normalized spacial score (nSPS) is 11.5. The van der Waals surface area contributed by atoms with Crippen LogP contribution in [0.15, 0.2) is 48.5 Å². The Morgan fingerprint density at radius 3 is 2.42 bits per heavy atom. The minimum absolute atomic E-state index is 0.140. The fraction of sp³-hybridized carbons (Fsp3) is 0.316. The van der Waals surface area contributed by atoms with Crippen LogP contribution in [0.4, 0.5) is 0 Å². The monoisotopic (exact) mass is 329 g/mol. The summed E-state index contributed by atoms with van der Waals surface area (Å²) in [6.45, 7) is 2.26. The van der Waals surface area contributed by atoms with E-state index in [4.69, 9.17) is 14.2 Å². The van der Waals surface area contributed by atoms with Gasteiger partial charge in [-0.1, -0.05) is 24.3 Å². The van der Waals surface area contributed by atoms with E-state index in [1.54, 1.807) is 21.1 Å². The highest BCUT2D eigenvalue weighted by atomic mass is 16.5. The van der Waals surface area contributed by atoms with Gasteiger partial charge in [0.2, 0.25) is 0 Å². The van der Waals surface area contributed by atoms with Gasteiger partial charge in [0.05, 0.1) is 14.2 Å². The maximum absolute atomic E-state index is 12.1. The summed E-state index contributed by atoms with van der Waals surface area (Å²) < 4.78 is 16.1. The first-order valence-electron chi connectivity index (χ1n) is 7.84. The average Bonchev–Trinajstić information content (AvgIpc) is 2.62. The van der Waals surface area contributed by atoms with Crippen molar-refractivity contribution in [2.24, 2.45) is 0 Å². The van der Waals surface area contributed by atoms with Crippen LogP contribution in [-0.2, 0) is 11.2 Å². The number of para-hydroxylation sites is 1. The van der Waals surface area contributed by atoms with E-state index in [1.165, 1.54) is 0 Å². The molecule has 0 bridgehead atoms. The Morgan fingerprint density at radius 2 is 1.75 bits per heavy atom. The Morgan fingerprint density at radius 1 is 1.04 bits per heavy atom. The molecule has 0 aliphatic carbocycles. The van der Waals surface area contributed by atoms with Crippen molar-refractivity contribution < 1.29 is 19.0 Å². The van der Waals surface area contributed by atoms with Crippen molar-refractivity contribution in [2.75, 3.05) is 20.8 Å². The van der Waals surface area contributed by atoms with Crippen LogP contribution in [0.25, 0.3) is 0 Å². The maximum Gasteiger partial charge on any atom is 0.260 e. The minimum atomic E-state index is -0.544. The van der Waals surface area contributed by atoms with E-state index in [2.05, 4.69) is 5.32 Å². The zero-order valence-corrected chi connectivity index (χ0v) is 14.2. The van der Waals surface area contributed by atoms with Crippen molar-refractivity contribution in [2.45, 2.75) is 19.4 Å². The lowest BCUT2D eigenvalue weighted by atomic mass is 10.1. The first-order valence-corrected chi connectivity index (χ1v) is 7.84. The van der Waals surface area contributed by atoms with Crippen molar-refractivity contribution in [1.29, 1.82) is 0 Å². The molecule has 1 atom stereocenters. The number of methoxy groups -OCH3 is 2. The van der Waals surface area contributed by atoms with Gasteiger partial charge in [-0.05, 0) is 43.2 Å². The predicted molar refractivity (Wildman–Crippen MR) is 92.8 cm³/mol. The molecule has 0 saturated heterocycles. The molecule has 0 aliphatic rings. The van der Waals surface area contributed by atoms with E-state index in [1.807, 2.05) is 48.5 Å². The van der Waals surface area contributed by atoms with Crippen LogP contribution < -0.4 is 19.5 Å². The average molecular weight is 329 g/mol. The smallest absolute Gasteiger partial charge is 0.260 e. The fourth-order valence-electron chi connectivity index (χ4n) is 2.27. The van der Waals surface area contributed by atoms with Gasteiger partial charge in [-0.15, -0.1) is 0 Å². The van der Waals surface area contributed by atoms with Gasteiger partial charge < -0.3 is 19.5 Å². The van der Waals surface area contributed by atoms with Crippen molar-refractivity contribution in [3.05, 3.63) is 54.1 Å². The van der Waals surface area contributed by atoms with Crippen molar-refractivity contribution >= 4 is 5.91 Å². The first-order chi connectivity index (χ1) is 11.6. The molecule has 2 aromatic carbocycles. The standard InChI is InChI=1S/C19H23NO4/c1-14(24-16-7-5-4-6-8-16)19(21)20-12-11-15-9-10-17(22-2)18(13-15)23-3/h4-10,13-14H,11-12H2,1-3H3,(H,20,21). The van der Waals surface area contributed by atoms with Crippen LogP contribution in [0, 0.1) is 0 Å². The summed E-state index contributed by atoms with van der Waals surface area (Å²) >= 11 is 0. The van der Waals surface area contributed by atoms with Crippen LogP contribution in [0.5, 0.6) is 17.2 Å². The molecule has 1 N–H and O–H groups in total. The second kappa shape index (κ2) is 8.82. The van der Waals surface area contributed by atoms with Crippen molar-refractivity contribution in [1.82, 2.24) is 5.32 Å². The number of rotatable bonds is 8. The third kappa shape index (κ3) is 4.91. The second-order valence-electron chi connectivity index (χ2n) is 5.30. The van der Waals surface area contributed by atoms with E-state index in [-0.39, 0.29) is 5.91 Å². The number of hydrogen-bond donors (Lipinski definition) is 1. The van der Waals surface area contributed by atoms with Crippen LogP contribution in [0.1, 0.15) is 12.5 Å². The number of carbonyl (C=O) groups is 1. The molecule has 24 heavy (non-hydrogen) atoms. The highest BCUT2D eigenvalue weighted by Crippen LogP contribution is 2.27. The third-order valence-corrected chi connectivity index (χ3v) is 3.59. The molecule has 0 fully saturated rings. The van der Waals surface area contributed by atoms with Gasteiger partial charge in [0, 0.05) is 6.54 Å². The molecule has 1 unspecified atom stereocenters. The molecule has 1 amide bonds. The SMILES string of the molecule is COc1ccc(CCNC(=O)C(C)Oc2ccccc2)cc1OC. The predicted octanol–water partition coefficient (Wildman–Crippen LogP) is 2.83. The van der Waals surface area contributed by atoms with Gasteiger partial charge in [-0.3, -0.25) is 4.79 Å². The molecule has 128 valence electrons. The lowest BCUT2D eigenvalue weighted by Gasteiger charge is -2.15. The summed E-state index contributed by atoms with van der Waals surface area (Å²) in [6.07, 6.45) is 0.155. The summed E-state index contributed by atoms with van der Waals surface area (Å²) in [5, 5.41) is 2.88. The largest absolute Gasteiger partial charge is 0.493 e. The van der Waals surface area contributed by atoms with Crippen LogP contribution in [-0.4, -0.2) is 32.8 Å². The van der Waals surface area contributed by atoms with Crippen LogP contribution in [0.2, 0.25) is 0 Å². The molecule has 0 aliphatic heterocycles. The molecular formula is C19H23NO4. The van der Waals surface area contributed by atoms with E-state index >= 15 is 0 Å². The number of amides is 1. The minimum Gasteiger partial charge on any atom is -0.493 e. The molecular weight excluding hydrogens is 306 g/mol. The molecule has 0 aromatic heterocycles. The summed E-state index contributed by atoms with van der Waals surface area (Å²) in [5.41, 5.74) is 1.06. The lowest BCUT2D eigenvalue weighted by Crippen LogP contribution is -2.37. The van der Waals surface area contributed by atoms with Crippen molar-refractivity contribution in [3.63, 3.8) is 0 Å². The topological polar surface area (TPSA) is 56.8 Å². The second-order valence-corrected chi connectivity index (χ2v) is 5.30. The molecule has 0 saturated carbocycles. The molecule has 0 heterocycles. The summed E-state index contributed by atoms with van der Waals surface area (Å²) in [7, 11) is 3.21. The lowest BCUT2D eigenvalue weighted by molar-refractivity contribution is -0.127. The zero-order chi connectivity index (χ0) is 17.4. The Hall–Kier alpha value is -2.69. The Kier molecular flexibility index (Phi) is 6.49. The third-order valence-electron chi connectivity index (χ3n) is 3.59. The fourth-order valence-corrected chi connectivity index (χ4v) is 2.27. The number of ether oxygens (including phenoxy) is 3. The number of nitrogens with one attached hydrogen (secondary N) is 1. The van der Waals surface area contributed by atoms with Gasteiger partial charge in [-0.25, -0.2) is 0 Å². The number of carbonyl (C=O) groups excluding carboxylic acids is 1. The van der Waals surface area contributed by atoms with E-state index in [0.29, 0.717) is 30.2 Å². The van der Waals surface area contributed by atoms with Crippen LogP contribution >= 0.6 is 0 Å². The first kappa shape index (κ1) is 17.7. The van der Waals surface area contributed by atoms with E-state index < -0.39 is 6.10 Å². The van der Waals surface area contributed by atoms with Gasteiger partial charge in [-0.2, -0.15) is 0 Å². The molecule has 5 nitrogen and oxygen atoms in total. The van der Waals surface area contributed by atoms with Gasteiger partial charge >= 0.3 is 0 Å². The number of benzene rings is 2. The molecule has 2 rings (SSSR count). The van der Waals surface area contributed by atoms with Crippen LogP contribution in [0.3, 0.4) is 0 Å². The maximum atomic E-state index is 12.1. The Balaban J connectivity index is 1.82. The summed E-state index contributed by atoms with van der Waals surface area (Å²) in [5.74, 6) is 1.91. The Labute approximate surface area is 142 Å². The molecule has 0 radical (unpaired) electrons. The molecule has 5 heteroatoms. The summed E-state index contributed by atoms with van der Waals surface area (Å²) in [6, 6.07) is 15.0. The highest BCUT2D eigenvalue weighted by molar-refractivity contribution is 5.80. The van der Waals surface area contributed by atoms with E-state index in [0.717, 1.165) is 5.56 Å². The van der Waals surface area contributed by atoms with Gasteiger partial charge in [0.1, 0.15) is 5.75 Å². The molecule has 0 spiro atoms. The number of hydrogen-bond acceptors (Lipinski definition) is 4. The van der Waals surface area contributed by atoms with E-state index in [9.17, 15) is 4.79 Å². The van der Waals surface area contributed by atoms with Gasteiger partial charge in [0.25, 0.3) is 5.91 Å². The van der Waals surface area contributed by atoms with Crippen molar-refractivity contribution in [3.8, 4) is 17.2 Å². The Bertz CT molecular complexity index is 658. The zero-order valence-electron chi connectivity index (χ0n) is 14.2. The van der Waals surface area contributed by atoms with Gasteiger partial charge in [0.15, 0.2) is 17.6 Å².